The van der Waals surface area contributed by atoms with E-state index >= 15 is 0 Å². The summed E-state index contributed by atoms with van der Waals surface area (Å²) >= 11 is 0. The van der Waals surface area contributed by atoms with Crippen molar-refractivity contribution in [2.45, 2.75) is 26.3 Å². The summed E-state index contributed by atoms with van der Waals surface area (Å²) in [6.07, 6.45) is 2.11. The van der Waals surface area contributed by atoms with E-state index in [0.29, 0.717) is 0 Å². The molecule has 0 unspecified atom stereocenters. The lowest BCUT2D eigenvalue weighted by atomic mass is 10.1. The molecule has 0 spiro atoms. The molecule has 136 valence electrons. The first kappa shape index (κ1) is 17.3. The normalized spacial score (nSPS) is 11.0. The number of aromatic nitrogens is 2. The van der Waals surface area contributed by atoms with Crippen molar-refractivity contribution < 1.29 is 4.74 Å². The van der Waals surface area contributed by atoms with Crippen molar-refractivity contribution in [2.24, 2.45) is 0 Å². The number of imidazole rings is 1. The summed E-state index contributed by atoms with van der Waals surface area (Å²) in [5.74, 6) is 1.83. The largest absolute Gasteiger partial charge is 0.494 e. The predicted molar refractivity (Wildman–Crippen MR) is 111 cm³/mol. The van der Waals surface area contributed by atoms with Crippen molar-refractivity contribution in [1.82, 2.24) is 9.55 Å². The summed E-state index contributed by atoms with van der Waals surface area (Å²) in [7, 11) is 1.70. The third kappa shape index (κ3) is 3.59. The molecule has 0 aliphatic rings. The van der Waals surface area contributed by atoms with Crippen molar-refractivity contribution in [1.29, 1.82) is 0 Å². The number of rotatable bonds is 6. The minimum absolute atomic E-state index is 0.822. The van der Waals surface area contributed by atoms with Crippen LogP contribution in [-0.4, -0.2) is 16.7 Å². The topological polar surface area (TPSA) is 27.1 Å². The lowest BCUT2D eigenvalue weighted by molar-refractivity contribution is 0.419. The van der Waals surface area contributed by atoms with E-state index in [1.54, 1.807) is 7.11 Å². The van der Waals surface area contributed by atoms with Crippen LogP contribution in [-0.2, 0) is 13.0 Å². The number of ether oxygens (including phenoxy) is 1. The molecule has 0 atom stereocenters. The number of hydrogen-bond donors (Lipinski definition) is 0. The number of aryl methyl sites for hydroxylation is 3. The van der Waals surface area contributed by atoms with E-state index in [4.69, 9.17) is 9.72 Å². The molecule has 0 fully saturated rings. The van der Waals surface area contributed by atoms with E-state index in [9.17, 15) is 0 Å². The molecule has 3 heteroatoms. The standard InChI is InChI=1S/C24H24N2O/c1-18-9-6-13-20(17-18)24-25-23-21(14-7-15-22(23)27-2)26(24)16-8-12-19-10-4-3-5-11-19/h3-7,9-11,13-15,17H,8,12,16H2,1-2H3. The van der Waals surface area contributed by atoms with Gasteiger partial charge in [-0.2, -0.15) is 0 Å². The van der Waals surface area contributed by atoms with Crippen molar-refractivity contribution in [3.63, 3.8) is 0 Å². The monoisotopic (exact) mass is 356 g/mol. The van der Waals surface area contributed by atoms with E-state index in [1.165, 1.54) is 11.1 Å². The van der Waals surface area contributed by atoms with Crippen LogP contribution in [0.4, 0.5) is 0 Å². The number of para-hydroxylation sites is 1. The maximum Gasteiger partial charge on any atom is 0.146 e. The summed E-state index contributed by atoms with van der Waals surface area (Å²) in [5.41, 5.74) is 5.81. The maximum absolute atomic E-state index is 5.55. The summed E-state index contributed by atoms with van der Waals surface area (Å²) < 4.78 is 7.88. The highest BCUT2D eigenvalue weighted by molar-refractivity contribution is 5.86. The van der Waals surface area contributed by atoms with Crippen LogP contribution in [0.15, 0.2) is 72.8 Å². The van der Waals surface area contributed by atoms with Gasteiger partial charge in [0.2, 0.25) is 0 Å². The highest BCUT2D eigenvalue weighted by Crippen LogP contribution is 2.31. The van der Waals surface area contributed by atoms with Gasteiger partial charge in [-0.05, 0) is 43.5 Å². The SMILES string of the molecule is COc1cccc2c1nc(-c1cccc(C)c1)n2CCCc1ccccc1. The lowest BCUT2D eigenvalue weighted by Gasteiger charge is -2.10. The highest BCUT2D eigenvalue weighted by atomic mass is 16.5. The molecule has 1 heterocycles. The van der Waals surface area contributed by atoms with E-state index in [0.717, 1.165) is 47.6 Å². The highest BCUT2D eigenvalue weighted by Gasteiger charge is 2.15. The minimum atomic E-state index is 0.822. The smallest absolute Gasteiger partial charge is 0.146 e. The van der Waals surface area contributed by atoms with Gasteiger partial charge in [-0.15, -0.1) is 0 Å². The maximum atomic E-state index is 5.55. The van der Waals surface area contributed by atoms with Crippen LogP contribution in [0.2, 0.25) is 0 Å². The van der Waals surface area contributed by atoms with Crippen molar-refractivity contribution >= 4 is 11.0 Å². The first-order chi connectivity index (χ1) is 13.3. The molecule has 0 saturated carbocycles. The number of benzene rings is 3. The van der Waals surface area contributed by atoms with Gasteiger partial charge >= 0.3 is 0 Å². The zero-order valence-electron chi connectivity index (χ0n) is 15.9. The fraction of sp³-hybridized carbons (Fsp3) is 0.208. The molecule has 0 N–H and O–H groups in total. The van der Waals surface area contributed by atoms with E-state index < -0.39 is 0 Å². The minimum Gasteiger partial charge on any atom is -0.494 e. The quantitative estimate of drug-likeness (QED) is 0.446. The van der Waals surface area contributed by atoms with Gasteiger partial charge in [0.05, 0.1) is 12.6 Å². The Morgan fingerprint density at radius 3 is 2.52 bits per heavy atom. The second kappa shape index (κ2) is 7.67. The van der Waals surface area contributed by atoms with Crippen LogP contribution < -0.4 is 4.74 Å². The van der Waals surface area contributed by atoms with Crippen molar-refractivity contribution in [3.8, 4) is 17.1 Å². The average Bonchev–Trinajstić information content (AvgIpc) is 3.08. The average molecular weight is 356 g/mol. The third-order valence-electron chi connectivity index (χ3n) is 4.93. The molecule has 1 aromatic heterocycles. The molecule has 0 aliphatic carbocycles. The molecule has 0 saturated heterocycles. The van der Waals surface area contributed by atoms with Gasteiger partial charge in [-0.1, -0.05) is 60.2 Å². The Hall–Kier alpha value is -3.07. The molecule has 0 amide bonds. The Kier molecular flexibility index (Phi) is 4.93. The van der Waals surface area contributed by atoms with Crippen molar-refractivity contribution in [3.05, 3.63) is 83.9 Å². The van der Waals surface area contributed by atoms with Crippen LogP contribution >= 0.6 is 0 Å². The van der Waals surface area contributed by atoms with Gasteiger partial charge in [-0.25, -0.2) is 4.98 Å². The fourth-order valence-corrected chi connectivity index (χ4v) is 3.60. The van der Waals surface area contributed by atoms with Gasteiger partial charge in [0.1, 0.15) is 17.1 Å². The fourth-order valence-electron chi connectivity index (χ4n) is 3.60. The van der Waals surface area contributed by atoms with Crippen LogP contribution in [0, 0.1) is 6.92 Å². The van der Waals surface area contributed by atoms with E-state index in [1.807, 2.05) is 12.1 Å². The van der Waals surface area contributed by atoms with Crippen LogP contribution in [0.25, 0.3) is 22.4 Å². The first-order valence-electron chi connectivity index (χ1n) is 9.40. The molecule has 0 radical (unpaired) electrons. The molecule has 27 heavy (non-hydrogen) atoms. The molecule has 3 nitrogen and oxygen atoms in total. The Morgan fingerprint density at radius 1 is 0.926 bits per heavy atom. The van der Waals surface area contributed by atoms with Gasteiger partial charge < -0.3 is 9.30 Å². The molecule has 4 rings (SSSR count). The predicted octanol–water partition coefficient (Wildman–Crippen LogP) is 5.65. The van der Waals surface area contributed by atoms with E-state index in [2.05, 4.69) is 72.2 Å². The zero-order chi connectivity index (χ0) is 18.6. The second-order valence-electron chi connectivity index (χ2n) is 6.87. The second-order valence-corrected chi connectivity index (χ2v) is 6.87. The molecular weight excluding hydrogens is 332 g/mol. The number of hydrogen-bond acceptors (Lipinski definition) is 2. The van der Waals surface area contributed by atoms with Gasteiger partial charge in [0, 0.05) is 12.1 Å². The Labute approximate surface area is 160 Å². The number of nitrogens with zero attached hydrogens (tertiary/aromatic N) is 2. The zero-order valence-corrected chi connectivity index (χ0v) is 15.9. The van der Waals surface area contributed by atoms with Crippen molar-refractivity contribution in [2.75, 3.05) is 7.11 Å². The van der Waals surface area contributed by atoms with E-state index in [-0.39, 0.29) is 0 Å². The van der Waals surface area contributed by atoms with Crippen LogP contribution in [0.5, 0.6) is 5.75 Å². The summed E-state index contributed by atoms with van der Waals surface area (Å²) in [4.78, 5) is 4.96. The molecule has 0 bridgehead atoms. The molecule has 3 aromatic carbocycles. The van der Waals surface area contributed by atoms with Crippen LogP contribution in [0.1, 0.15) is 17.5 Å². The number of methoxy groups -OCH3 is 1. The summed E-state index contributed by atoms with van der Waals surface area (Å²) in [6.45, 7) is 3.04. The van der Waals surface area contributed by atoms with Gasteiger partial charge in [0.15, 0.2) is 0 Å². The molecular formula is C24H24N2O. The lowest BCUT2D eigenvalue weighted by Crippen LogP contribution is -2.02. The summed E-state index contributed by atoms with van der Waals surface area (Å²) in [6, 6.07) is 25.3. The Morgan fingerprint density at radius 2 is 1.74 bits per heavy atom. The van der Waals surface area contributed by atoms with Gasteiger partial charge in [-0.3, -0.25) is 0 Å². The van der Waals surface area contributed by atoms with Crippen LogP contribution in [0.3, 0.4) is 0 Å². The Bertz CT molecular complexity index is 1050. The van der Waals surface area contributed by atoms with Gasteiger partial charge in [0.25, 0.3) is 0 Å². The third-order valence-corrected chi connectivity index (χ3v) is 4.93. The Balaban J connectivity index is 1.73. The molecule has 0 aliphatic heterocycles. The number of fused-ring (bicyclic) bond motifs is 1. The molecule has 4 aromatic rings. The first-order valence-corrected chi connectivity index (χ1v) is 9.40. The summed E-state index contributed by atoms with van der Waals surface area (Å²) in [5, 5.41) is 0.